The molecule has 1 aliphatic heterocycles. The lowest BCUT2D eigenvalue weighted by Gasteiger charge is -2.28. The van der Waals surface area contributed by atoms with Gasteiger partial charge in [0.1, 0.15) is 0 Å². The van der Waals surface area contributed by atoms with Gasteiger partial charge in [0.15, 0.2) is 11.6 Å². The Labute approximate surface area is 193 Å². The fourth-order valence-electron chi connectivity index (χ4n) is 3.70. The first-order valence-electron chi connectivity index (χ1n) is 10.6. The number of nitrogen functional groups attached to an aromatic ring is 1. The number of piperidine rings is 1. The van der Waals surface area contributed by atoms with Crippen LogP contribution in [0.25, 0.3) is 11.3 Å². The third-order valence-electron chi connectivity index (χ3n) is 5.69. The molecule has 4 N–H and O–H groups in total. The lowest BCUT2D eigenvalue weighted by molar-refractivity contribution is 0.212. The number of benzene rings is 1. The summed E-state index contributed by atoms with van der Waals surface area (Å²) in [6.07, 6.45) is 6.99. The number of ether oxygens (including phenoxy) is 1. The minimum absolute atomic E-state index is 0.104. The van der Waals surface area contributed by atoms with Crippen molar-refractivity contribution >= 4 is 21.5 Å². The molecule has 0 saturated carbocycles. The van der Waals surface area contributed by atoms with Crippen LogP contribution in [-0.2, 0) is 10.0 Å². The summed E-state index contributed by atoms with van der Waals surface area (Å²) in [6.45, 7) is 2.05. The molecular formula is C21H28N8O3S. The molecule has 3 heterocycles. The topological polar surface area (TPSA) is 140 Å². The highest BCUT2D eigenvalue weighted by Crippen LogP contribution is 2.31. The van der Waals surface area contributed by atoms with E-state index >= 15 is 0 Å². The van der Waals surface area contributed by atoms with Crippen LogP contribution in [0.1, 0.15) is 18.9 Å². The average molecular weight is 473 g/mol. The van der Waals surface area contributed by atoms with E-state index in [1.165, 1.54) is 25.4 Å². The van der Waals surface area contributed by atoms with Gasteiger partial charge in [-0.2, -0.15) is 5.10 Å². The first kappa shape index (κ1) is 23.0. The highest BCUT2D eigenvalue weighted by molar-refractivity contribution is 7.89. The lowest BCUT2D eigenvalue weighted by Crippen LogP contribution is -2.31. The molecule has 0 unspecified atom stereocenters. The van der Waals surface area contributed by atoms with Gasteiger partial charge in [-0.25, -0.2) is 23.1 Å². The Morgan fingerprint density at radius 2 is 1.91 bits per heavy atom. The van der Waals surface area contributed by atoms with Crippen molar-refractivity contribution in [2.45, 2.75) is 23.8 Å². The summed E-state index contributed by atoms with van der Waals surface area (Å²) < 4.78 is 34.8. The number of nitrogens with one attached hydrogen (secondary N) is 2. The van der Waals surface area contributed by atoms with Crippen molar-refractivity contribution in [3.63, 3.8) is 0 Å². The molecule has 176 valence electrons. The first-order valence-corrected chi connectivity index (χ1v) is 12.1. The predicted molar refractivity (Wildman–Crippen MR) is 126 cm³/mol. The molecule has 11 nitrogen and oxygen atoms in total. The van der Waals surface area contributed by atoms with Crippen molar-refractivity contribution in [1.29, 1.82) is 0 Å². The number of aromatic nitrogens is 4. The molecule has 1 aromatic carbocycles. The van der Waals surface area contributed by atoms with Gasteiger partial charge < -0.3 is 20.7 Å². The van der Waals surface area contributed by atoms with E-state index < -0.39 is 10.0 Å². The molecule has 4 rings (SSSR count). The van der Waals surface area contributed by atoms with Crippen LogP contribution in [-0.4, -0.2) is 67.3 Å². The Kier molecular flexibility index (Phi) is 6.49. The van der Waals surface area contributed by atoms with Crippen LogP contribution in [0.5, 0.6) is 11.6 Å². The van der Waals surface area contributed by atoms with Crippen LogP contribution >= 0.6 is 0 Å². The minimum atomic E-state index is -3.65. The van der Waals surface area contributed by atoms with Crippen molar-refractivity contribution < 1.29 is 13.2 Å². The van der Waals surface area contributed by atoms with Crippen molar-refractivity contribution in [2.24, 2.45) is 0 Å². The molecule has 2 aromatic heterocycles. The Morgan fingerprint density at radius 1 is 1.15 bits per heavy atom. The molecule has 0 bridgehead atoms. The van der Waals surface area contributed by atoms with E-state index in [4.69, 9.17) is 10.5 Å². The van der Waals surface area contributed by atoms with Crippen LogP contribution in [0, 0.1) is 0 Å². The van der Waals surface area contributed by atoms with E-state index in [2.05, 4.69) is 37.1 Å². The molecule has 0 atom stereocenters. The molecule has 12 heteroatoms. The zero-order valence-electron chi connectivity index (χ0n) is 18.8. The molecule has 1 saturated heterocycles. The van der Waals surface area contributed by atoms with Gasteiger partial charge in [0, 0.05) is 18.3 Å². The van der Waals surface area contributed by atoms with Crippen molar-refractivity contribution in [1.82, 2.24) is 29.4 Å². The first-order chi connectivity index (χ1) is 15.8. The maximum Gasteiger partial charge on any atom is 0.263 e. The number of nitrogens with two attached hydrogens (primary N) is 1. The van der Waals surface area contributed by atoms with Crippen molar-refractivity contribution in [3.8, 4) is 22.9 Å². The standard InChI is InChI=1S/C21H28N8O3S/c1-23-15-8-14(9-18(10-15)33(30,31)24-2)19-12-25-20(22)21(27-19)32-17-11-26-29(13-17)16-4-6-28(3)7-5-16/h8-13,16,23-24H,4-7H2,1-3H3,(H2,22,25). The van der Waals surface area contributed by atoms with Crippen LogP contribution in [0.2, 0.25) is 0 Å². The van der Waals surface area contributed by atoms with Gasteiger partial charge >= 0.3 is 0 Å². The second kappa shape index (κ2) is 9.33. The normalized spacial score (nSPS) is 15.5. The summed E-state index contributed by atoms with van der Waals surface area (Å²) in [6, 6.07) is 5.16. The van der Waals surface area contributed by atoms with E-state index in [9.17, 15) is 8.42 Å². The summed E-state index contributed by atoms with van der Waals surface area (Å²) in [5.41, 5.74) is 7.59. The predicted octanol–water partition coefficient (Wildman–Crippen LogP) is 1.93. The summed E-state index contributed by atoms with van der Waals surface area (Å²) >= 11 is 0. The van der Waals surface area contributed by atoms with Crippen LogP contribution in [0.4, 0.5) is 11.5 Å². The number of likely N-dealkylation sites (tertiary alicyclic amines) is 1. The zero-order chi connectivity index (χ0) is 23.6. The third-order valence-corrected chi connectivity index (χ3v) is 7.09. The Bertz CT molecular complexity index is 1240. The fourth-order valence-corrected chi connectivity index (χ4v) is 4.50. The second-order valence-corrected chi connectivity index (χ2v) is 9.83. The van der Waals surface area contributed by atoms with Gasteiger partial charge in [-0.1, -0.05) is 0 Å². The van der Waals surface area contributed by atoms with E-state index in [-0.39, 0.29) is 16.6 Å². The summed E-state index contributed by atoms with van der Waals surface area (Å²) in [7, 11) is 1.54. The summed E-state index contributed by atoms with van der Waals surface area (Å²) in [5.74, 6) is 0.761. The fraction of sp³-hybridized carbons (Fsp3) is 0.381. The molecular weight excluding hydrogens is 444 g/mol. The third kappa shape index (κ3) is 5.07. The number of hydrogen-bond donors (Lipinski definition) is 3. The van der Waals surface area contributed by atoms with Crippen LogP contribution in [0.3, 0.4) is 0 Å². The highest BCUT2D eigenvalue weighted by Gasteiger charge is 2.20. The van der Waals surface area contributed by atoms with E-state index in [0.717, 1.165) is 25.9 Å². The van der Waals surface area contributed by atoms with Gasteiger partial charge in [0.25, 0.3) is 5.88 Å². The number of hydrogen-bond acceptors (Lipinski definition) is 9. The number of rotatable bonds is 7. The largest absolute Gasteiger partial charge is 0.433 e. The molecule has 0 amide bonds. The molecule has 1 fully saturated rings. The summed E-state index contributed by atoms with van der Waals surface area (Å²) in [4.78, 5) is 11.1. The second-order valence-electron chi connectivity index (χ2n) is 7.94. The van der Waals surface area contributed by atoms with Gasteiger partial charge in [0.05, 0.1) is 35.2 Å². The molecule has 0 aliphatic carbocycles. The van der Waals surface area contributed by atoms with Gasteiger partial charge in [-0.15, -0.1) is 0 Å². The molecule has 0 spiro atoms. The van der Waals surface area contributed by atoms with E-state index in [1.807, 2.05) is 10.9 Å². The van der Waals surface area contributed by atoms with E-state index in [1.54, 1.807) is 19.3 Å². The quantitative estimate of drug-likeness (QED) is 0.470. The molecule has 1 aliphatic rings. The smallest absolute Gasteiger partial charge is 0.263 e. The monoisotopic (exact) mass is 472 g/mol. The SMILES string of the molecule is CNc1cc(-c2cnc(N)c(Oc3cnn(C4CCN(C)CC4)c3)n2)cc(S(=O)(=O)NC)c1. The Hall–Kier alpha value is -3.22. The van der Waals surface area contributed by atoms with Crippen LogP contribution < -0.4 is 20.5 Å². The molecule has 33 heavy (non-hydrogen) atoms. The van der Waals surface area contributed by atoms with E-state index in [0.29, 0.717) is 28.7 Å². The lowest BCUT2D eigenvalue weighted by atomic mass is 10.1. The molecule has 3 aromatic rings. The Balaban J connectivity index is 1.61. The van der Waals surface area contributed by atoms with Gasteiger partial charge in [-0.3, -0.25) is 4.68 Å². The highest BCUT2D eigenvalue weighted by atomic mass is 32.2. The van der Waals surface area contributed by atoms with Crippen molar-refractivity contribution in [3.05, 3.63) is 36.8 Å². The molecule has 0 radical (unpaired) electrons. The maximum atomic E-state index is 12.3. The summed E-state index contributed by atoms with van der Waals surface area (Å²) in [5, 5.41) is 7.41. The number of sulfonamides is 1. The zero-order valence-corrected chi connectivity index (χ0v) is 19.6. The van der Waals surface area contributed by atoms with Crippen LogP contribution in [0.15, 0.2) is 41.7 Å². The maximum absolute atomic E-state index is 12.3. The van der Waals surface area contributed by atoms with Gasteiger partial charge in [0.2, 0.25) is 10.0 Å². The minimum Gasteiger partial charge on any atom is -0.433 e. The van der Waals surface area contributed by atoms with Crippen molar-refractivity contribution in [2.75, 3.05) is 45.3 Å². The average Bonchev–Trinajstić information content (AvgIpc) is 3.29. The number of anilines is 2. The Morgan fingerprint density at radius 3 is 2.61 bits per heavy atom. The number of nitrogens with zero attached hydrogens (tertiary/aromatic N) is 5. The van der Waals surface area contributed by atoms with Gasteiger partial charge in [-0.05, 0) is 58.2 Å².